The van der Waals surface area contributed by atoms with Crippen molar-refractivity contribution in [2.75, 3.05) is 18.0 Å². The summed E-state index contributed by atoms with van der Waals surface area (Å²) in [7, 11) is 0. The van der Waals surface area contributed by atoms with Crippen LogP contribution < -0.4 is 4.90 Å². The van der Waals surface area contributed by atoms with E-state index in [1.807, 2.05) is 12.1 Å². The zero-order valence-electron chi connectivity index (χ0n) is 11.5. The highest BCUT2D eigenvalue weighted by Gasteiger charge is 2.22. The van der Waals surface area contributed by atoms with Crippen molar-refractivity contribution in [3.63, 3.8) is 0 Å². The summed E-state index contributed by atoms with van der Waals surface area (Å²) in [6.07, 6.45) is 4.92. The van der Waals surface area contributed by atoms with Crippen molar-refractivity contribution in [3.05, 3.63) is 35.4 Å². The third-order valence-corrected chi connectivity index (χ3v) is 3.76. The zero-order valence-corrected chi connectivity index (χ0v) is 11.5. The van der Waals surface area contributed by atoms with Crippen LogP contribution in [0.25, 0.3) is 6.08 Å². The van der Waals surface area contributed by atoms with E-state index in [1.165, 1.54) is 12.5 Å². The molecule has 2 rings (SSSR count). The minimum absolute atomic E-state index is 0.606. The van der Waals surface area contributed by atoms with E-state index in [2.05, 4.69) is 17.9 Å². The molecular weight excluding hydrogens is 252 g/mol. The molecule has 1 N–H and O–H groups in total. The predicted molar refractivity (Wildman–Crippen MR) is 78.4 cm³/mol. The number of benzene rings is 1. The van der Waals surface area contributed by atoms with Gasteiger partial charge in [0.05, 0.1) is 11.3 Å². The predicted octanol–water partition coefficient (Wildman–Crippen LogP) is 2.89. The lowest BCUT2D eigenvalue weighted by molar-refractivity contribution is -0.131. The molecule has 1 heterocycles. The number of anilines is 1. The summed E-state index contributed by atoms with van der Waals surface area (Å²) in [5.41, 5.74) is 2.30. The molecule has 0 aliphatic carbocycles. The SMILES string of the molecule is CCC1CCN(c2ccc(/C=C/C(=O)O)cc2C#N)C1. The van der Waals surface area contributed by atoms with Crippen molar-refractivity contribution in [2.24, 2.45) is 5.92 Å². The molecule has 0 bridgehead atoms. The van der Waals surface area contributed by atoms with E-state index < -0.39 is 5.97 Å². The summed E-state index contributed by atoms with van der Waals surface area (Å²) >= 11 is 0. The van der Waals surface area contributed by atoms with E-state index in [1.54, 1.807) is 6.07 Å². The van der Waals surface area contributed by atoms with Crippen LogP contribution in [0.5, 0.6) is 0 Å². The normalized spacial score (nSPS) is 18.4. The van der Waals surface area contributed by atoms with Crippen LogP contribution in [0.1, 0.15) is 30.9 Å². The summed E-state index contributed by atoms with van der Waals surface area (Å²) in [6, 6.07) is 7.73. The van der Waals surface area contributed by atoms with E-state index in [0.717, 1.165) is 36.8 Å². The van der Waals surface area contributed by atoms with Crippen molar-refractivity contribution in [3.8, 4) is 6.07 Å². The maximum atomic E-state index is 10.5. The van der Waals surface area contributed by atoms with Gasteiger partial charge in [0.1, 0.15) is 6.07 Å². The second-order valence-electron chi connectivity index (χ2n) is 5.07. The molecule has 0 saturated carbocycles. The van der Waals surface area contributed by atoms with Crippen LogP contribution in [0.15, 0.2) is 24.3 Å². The lowest BCUT2D eigenvalue weighted by Crippen LogP contribution is -2.20. The lowest BCUT2D eigenvalue weighted by atomic mass is 10.1. The summed E-state index contributed by atoms with van der Waals surface area (Å²) in [5, 5.41) is 17.9. The number of carboxylic acids is 1. The number of hydrogen-bond acceptors (Lipinski definition) is 3. The first-order valence-corrected chi connectivity index (χ1v) is 6.84. The van der Waals surface area contributed by atoms with Gasteiger partial charge in [0.15, 0.2) is 0 Å². The molecule has 0 radical (unpaired) electrons. The summed E-state index contributed by atoms with van der Waals surface area (Å²) in [5.74, 6) is -0.286. The van der Waals surface area contributed by atoms with Crippen LogP contribution in [-0.4, -0.2) is 24.2 Å². The second kappa shape index (κ2) is 6.25. The quantitative estimate of drug-likeness (QED) is 0.854. The fraction of sp³-hybridized carbons (Fsp3) is 0.375. The number of nitriles is 1. The maximum Gasteiger partial charge on any atom is 0.328 e. The van der Waals surface area contributed by atoms with Gasteiger partial charge in [-0.3, -0.25) is 0 Å². The number of carbonyl (C=O) groups is 1. The van der Waals surface area contributed by atoms with Gasteiger partial charge in [-0.2, -0.15) is 5.26 Å². The zero-order chi connectivity index (χ0) is 14.5. The molecule has 104 valence electrons. The number of carboxylic acid groups (broad SMARTS) is 1. The molecule has 1 aromatic rings. The average Bonchev–Trinajstić information content (AvgIpc) is 2.93. The Morgan fingerprint density at radius 3 is 3.00 bits per heavy atom. The monoisotopic (exact) mass is 270 g/mol. The van der Waals surface area contributed by atoms with Crippen molar-refractivity contribution in [1.29, 1.82) is 5.26 Å². The van der Waals surface area contributed by atoms with E-state index >= 15 is 0 Å². The molecule has 20 heavy (non-hydrogen) atoms. The number of aliphatic carboxylic acids is 1. The van der Waals surface area contributed by atoms with E-state index in [9.17, 15) is 10.1 Å². The minimum atomic E-state index is -0.988. The highest BCUT2D eigenvalue weighted by molar-refractivity contribution is 5.85. The van der Waals surface area contributed by atoms with Crippen LogP contribution in [0.4, 0.5) is 5.69 Å². The first-order chi connectivity index (χ1) is 9.63. The van der Waals surface area contributed by atoms with Gasteiger partial charge in [0.25, 0.3) is 0 Å². The van der Waals surface area contributed by atoms with Gasteiger partial charge in [-0.15, -0.1) is 0 Å². The van der Waals surface area contributed by atoms with Crippen molar-refractivity contribution < 1.29 is 9.90 Å². The Hall–Kier alpha value is -2.28. The van der Waals surface area contributed by atoms with E-state index in [-0.39, 0.29) is 0 Å². The topological polar surface area (TPSA) is 64.3 Å². The number of rotatable bonds is 4. The Bertz CT molecular complexity index is 572. The first-order valence-electron chi connectivity index (χ1n) is 6.84. The van der Waals surface area contributed by atoms with Crippen molar-refractivity contribution in [2.45, 2.75) is 19.8 Å². The van der Waals surface area contributed by atoms with Crippen LogP contribution >= 0.6 is 0 Å². The molecule has 0 spiro atoms. The number of nitrogens with zero attached hydrogens (tertiary/aromatic N) is 2. The standard InChI is InChI=1S/C16H18N2O2/c1-2-12-7-8-18(11-12)15-5-3-13(4-6-16(19)20)9-14(15)10-17/h3-6,9,12H,2,7-8,11H2,1H3,(H,19,20)/b6-4+. The highest BCUT2D eigenvalue weighted by atomic mass is 16.4. The molecule has 4 heteroatoms. The largest absolute Gasteiger partial charge is 0.478 e. The third-order valence-electron chi connectivity index (χ3n) is 3.76. The molecule has 1 fully saturated rings. The van der Waals surface area contributed by atoms with Gasteiger partial charge in [0.2, 0.25) is 0 Å². The Kier molecular flexibility index (Phi) is 4.41. The molecule has 4 nitrogen and oxygen atoms in total. The van der Waals surface area contributed by atoms with Gasteiger partial charge in [-0.25, -0.2) is 4.79 Å². The van der Waals surface area contributed by atoms with Crippen LogP contribution in [0.2, 0.25) is 0 Å². The smallest absolute Gasteiger partial charge is 0.328 e. The molecule has 0 aromatic heterocycles. The maximum absolute atomic E-state index is 10.5. The summed E-state index contributed by atoms with van der Waals surface area (Å²) < 4.78 is 0. The van der Waals surface area contributed by atoms with Gasteiger partial charge >= 0.3 is 5.97 Å². The Labute approximate surface area is 118 Å². The van der Waals surface area contributed by atoms with Crippen LogP contribution in [-0.2, 0) is 4.79 Å². The number of hydrogen-bond donors (Lipinski definition) is 1. The minimum Gasteiger partial charge on any atom is -0.478 e. The van der Waals surface area contributed by atoms with E-state index in [4.69, 9.17) is 5.11 Å². The molecule has 1 atom stereocenters. The van der Waals surface area contributed by atoms with Crippen LogP contribution in [0.3, 0.4) is 0 Å². The van der Waals surface area contributed by atoms with Gasteiger partial charge in [0, 0.05) is 19.2 Å². The van der Waals surface area contributed by atoms with Gasteiger partial charge in [-0.1, -0.05) is 19.4 Å². The molecule has 0 amide bonds. The second-order valence-corrected chi connectivity index (χ2v) is 5.07. The Morgan fingerprint density at radius 1 is 1.60 bits per heavy atom. The van der Waals surface area contributed by atoms with Crippen molar-refractivity contribution in [1.82, 2.24) is 0 Å². The lowest BCUT2D eigenvalue weighted by Gasteiger charge is -2.20. The molecule has 1 saturated heterocycles. The summed E-state index contributed by atoms with van der Waals surface area (Å²) in [6.45, 7) is 4.17. The molecular formula is C16H18N2O2. The Morgan fingerprint density at radius 2 is 2.40 bits per heavy atom. The van der Waals surface area contributed by atoms with Gasteiger partial charge in [-0.05, 0) is 36.1 Å². The molecule has 1 unspecified atom stereocenters. The molecule has 1 aromatic carbocycles. The summed E-state index contributed by atoms with van der Waals surface area (Å²) in [4.78, 5) is 12.8. The molecule has 1 aliphatic heterocycles. The first kappa shape index (κ1) is 14.1. The average molecular weight is 270 g/mol. The van der Waals surface area contributed by atoms with Crippen LogP contribution in [0, 0.1) is 17.2 Å². The highest BCUT2D eigenvalue weighted by Crippen LogP contribution is 2.29. The van der Waals surface area contributed by atoms with E-state index in [0.29, 0.717) is 11.5 Å². The fourth-order valence-electron chi connectivity index (χ4n) is 2.57. The Balaban J connectivity index is 2.23. The van der Waals surface area contributed by atoms with Gasteiger partial charge < -0.3 is 10.0 Å². The third kappa shape index (κ3) is 3.18. The van der Waals surface area contributed by atoms with Crippen molar-refractivity contribution >= 4 is 17.7 Å². The fourth-order valence-corrected chi connectivity index (χ4v) is 2.57. The molecule has 1 aliphatic rings.